The lowest BCUT2D eigenvalue weighted by Gasteiger charge is -2.43. The van der Waals surface area contributed by atoms with Gasteiger partial charge in [0.2, 0.25) is 5.91 Å². The first-order valence-corrected chi connectivity index (χ1v) is 7.46. The lowest BCUT2D eigenvalue weighted by molar-refractivity contribution is -0.125. The van der Waals surface area contributed by atoms with Crippen LogP contribution in [-0.4, -0.2) is 31.7 Å². The number of carbonyl (C=O) groups is 1. The van der Waals surface area contributed by atoms with Crippen molar-refractivity contribution in [2.45, 2.75) is 37.3 Å². The molecule has 4 heteroatoms. The van der Waals surface area contributed by atoms with E-state index >= 15 is 0 Å². The molecule has 1 amide bonds. The number of nitrogens with one attached hydrogen (secondary N) is 2. The normalized spacial score (nSPS) is 24.7. The Morgan fingerprint density at radius 1 is 1.35 bits per heavy atom. The van der Waals surface area contributed by atoms with Crippen LogP contribution in [0.5, 0.6) is 0 Å². The number of ether oxygens (including phenoxy) is 1. The standard InChI is InChI=1S/C16H22N2O2/c19-15(11-14-12-20-10-9-17-14)18-16(7-4-8-16)13-5-2-1-3-6-13/h1-3,5-6,14,17H,4,7-12H2,(H,18,19). The maximum absolute atomic E-state index is 12.3. The van der Waals surface area contributed by atoms with Crippen LogP contribution >= 0.6 is 0 Å². The number of benzene rings is 1. The third kappa shape index (κ3) is 2.86. The predicted molar refractivity (Wildman–Crippen MR) is 77.3 cm³/mol. The van der Waals surface area contributed by atoms with Gasteiger partial charge in [0.1, 0.15) is 0 Å². The van der Waals surface area contributed by atoms with E-state index in [-0.39, 0.29) is 17.5 Å². The molecule has 1 atom stereocenters. The van der Waals surface area contributed by atoms with Crippen molar-refractivity contribution in [1.29, 1.82) is 0 Å². The summed E-state index contributed by atoms with van der Waals surface area (Å²) in [5.74, 6) is 0.122. The molecule has 108 valence electrons. The van der Waals surface area contributed by atoms with Gasteiger partial charge in [-0.15, -0.1) is 0 Å². The Hall–Kier alpha value is -1.39. The number of carbonyl (C=O) groups excluding carboxylic acids is 1. The van der Waals surface area contributed by atoms with E-state index < -0.39 is 0 Å². The largest absolute Gasteiger partial charge is 0.378 e. The van der Waals surface area contributed by atoms with Crippen LogP contribution in [0, 0.1) is 0 Å². The second kappa shape index (κ2) is 5.94. The molecule has 4 nitrogen and oxygen atoms in total. The van der Waals surface area contributed by atoms with E-state index in [0.717, 1.165) is 26.0 Å². The molecule has 1 heterocycles. The molecule has 2 N–H and O–H groups in total. The molecular formula is C16H22N2O2. The lowest BCUT2D eigenvalue weighted by Crippen LogP contribution is -2.53. The van der Waals surface area contributed by atoms with Crippen molar-refractivity contribution in [3.63, 3.8) is 0 Å². The van der Waals surface area contributed by atoms with Crippen molar-refractivity contribution < 1.29 is 9.53 Å². The highest BCUT2D eigenvalue weighted by Crippen LogP contribution is 2.41. The van der Waals surface area contributed by atoms with Gasteiger partial charge in [-0.3, -0.25) is 4.79 Å². The molecule has 0 bridgehead atoms. The Bertz CT molecular complexity index is 451. The molecule has 0 spiro atoms. The number of amides is 1. The lowest BCUT2D eigenvalue weighted by atomic mass is 9.71. The van der Waals surface area contributed by atoms with Crippen molar-refractivity contribution >= 4 is 5.91 Å². The average molecular weight is 274 g/mol. The minimum Gasteiger partial charge on any atom is -0.378 e. The van der Waals surface area contributed by atoms with Crippen LogP contribution in [0.15, 0.2) is 30.3 Å². The monoisotopic (exact) mass is 274 g/mol. The summed E-state index contributed by atoms with van der Waals surface area (Å²) in [6.45, 7) is 2.21. The van der Waals surface area contributed by atoms with Crippen LogP contribution in [-0.2, 0) is 15.1 Å². The Labute approximate surface area is 119 Å². The number of hydrogen-bond donors (Lipinski definition) is 2. The zero-order valence-electron chi connectivity index (χ0n) is 11.7. The summed E-state index contributed by atoms with van der Waals surface area (Å²) < 4.78 is 5.40. The summed E-state index contributed by atoms with van der Waals surface area (Å²) in [4.78, 5) is 12.3. The van der Waals surface area contributed by atoms with Crippen LogP contribution in [0.3, 0.4) is 0 Å². The fourth-order valence-corrected chi connectivity index (χ4v) is 3.07. The molecule has 3 rings (SSSR count). The van der Waals surface area contributed by atoms with Crippen molar-refractivity contribution in [3.8, 4) is 0 Å². The van der Waals surface area contributed by atoms with Crippen LogP contribution in [0.25, 0.3) is 0 Å². The minimum absolute atomic E-state index is 0.122. The third-order valence-electron chi connectivity index (χ3n) is 4.34. The van der Waals surface area contributed by atoms with Gasteiger partial charge in [0.25, 0.3) is 0 Å². The zero-order chi connectivity index (χ0) is 13.8. The Morgan fingerprint density at radius 2 is 2.15 bits per heavy atom. The van der Waals surface area contributed by atoms with E-state index in [1.165, 1.54) is 12.0 Å². The topological polar surface area (TPSA) is 50.4 Å². The van der Waals surface area contributed by atoms with E-state index in [2.05, 4.69) is 22.8 Å². The first-order valence-electron chi connectivity index (χ1n) is 7.46. The molecule has 1 aliphatic carbocycles. The zero-order valence-corrected chi connectivity index (χ0v) is 11.7. The molecule has 20 heavy (non-hydrogen) atoms. The molecule has 1 saturated carbocycles. The third-order valence-corrected chi connectivity index (χ3v) is 4.34. The Morgan fingerprint density at radius 3 is 2.75 bits per heavy atom. The van der Waals surface area contributed by atoms with Gasteiger partial charge in [-0.1, -0.05) is 30.3 Å². The highest BCUT2D eigenvalue weighted by atomic mass is 16.5. The highest BCUT2D eigenvalue weighted by molar-refractivity contribution is 5.78. The highest BCUT2D eigenvalue weighted by Gasteiger charge is 2.40. The van der Waals surface area contributed by atoms with Crippen LogP contribution in [0.2, 0.25) is 0 Å². The molecular weight excluding hydrogens is 252 g/mol. The smallest absolute Gasteiger partial charge is 0.222 e. The Kier molecular flexibility index (Phi) is 4.03. The minimum atomic E-state index is -0.131. The van der Waals surface area contributed by atoms with Gasteiger partial charge in [-0.25, -0.2) is 0 Å². The van der Waals surface area contributed by atoms with Gasteiger partial charge in [0, 0.05) is 19.0 Å². The van der Waals surface area contributed by atoms with Gasteiger partial charge in [0.05, 0.1) is 18.8 Å². The predicted octanol–water partition coefficient (Wildman–Crippen LogP) is 1.56. The first-order chi connectivity index (χ1) is 9.78. The molecule has 1 unspecified atom stereocenters. The van der Waals surface area contributed by atoms with Crippen molar-refractivity contribution in [2.24, 2.45) is 0 Å². The summed E-state index contributed by atoms with van der Waals surface area (Å²) in [6, 6.07) is 10.5. The summed E-state index contributed by atoms with van der Waals surface area (Å²) >= 11 is 0. The summed E-state index contributed by atoms with van der Waals surface area (Å²) in [5.41, 5.74) is 1.10. The van der Waals surface area contributed by atoms with Crippen LogP contribution in [0.4, 0.5) is 0 Å². The molecule has 2 aliphatic rings. The summed E-state index contributed by atoms with van der Waals surface area (Å²) in [6.07, 6.45) is 3.75. The molecule has 1 aromatic carbocycles. The van der Waals surface area contributed by atoms with Gasteiger partial charge < -0.3 is 15.4 Å². The van der Waals surface area contributed by atoms with Crippen LogP contribution in [0.1, 0.15) is 31.2 Å². The fourth-order valence-electron chi connectivity index (χ4n) is 3.07. The van der Waals surface area contributed by atoms with E-state index in [9.17, 15) is 4.79 Å². The van der Waals surface area contributed by atoms with Gasteiger partial charge in [-0.2, -0.15) is 0 Å². The van der Waals surface area contributed by atoms with E-state index in [4.69, 9.17) is 4.74 Å². The van der Waals surface area contributed by atoms with E-state index in [1.54, 1.807) is 0 Å². The van der Waals surface area contributed by atoms with Crippen molar-refractivity contribution in [1.82, 2.24) is 10.6 Å². The molecule has 2 fully saturated rings. The maximum atomic E-state index is 12.3. The number of morpholine rings is 1. The molecule has 1 aliphatic heterocycles. The quantitative estimate of drug-likeness (QED) is 0.876. The molecule has 0 radical (unpaired) electrons. The Balaban J connectivity index is 1.61. The second-order valence-corrected chi connectivity index (χ2v) is 5.78. The van der Waals surface area contributed by atoms with Crippen molar-refractivity contribution in [2.75, 3.05) is 19.8 Å². The first kappa shape index (κ1) is 13.6. The number of rotatable bonds is 4. The average Bonchev–Trinajstić information content (AvgIpc) is 2.45. The SMILES string of the molecule is O=C(CC1COCCN1)NC1(c2ccccc2)CCC1. The van der Waals surface area contributed by atoms with Gasteiger partial charge >= 0.3 is 0 Å². The van der Waals surface area contributed by atoms with Gasteiger partial charge in [-0.05, 0) is 24.8 Å². The summed E-state index contributed by atoms with van der Waals surface area (Å²) in [5, 5.41) is 6.58. The molecule has 1 saturated heterocycles. The molecule has 0 aromatic heterocycles. The van der Waals surface area contributed by atoms with E-state index in [0.29, 0.717) is 13.0 Å². The summed E-state index contributed by atoms with van der Waals surface area (Å²) in [7, 11) is 0. The fraction of sp³-hybridized carbons (Fsp3) is 0.562. The van der Waals surface area contributed by atoms with Gasteiger partial charge in [0.15, 0.2) is 0 Å². The van der Waals surface area contributed by atoms with E-state index in [1.807, 2.05) is 18.2 Å². The maximum Gasteiger partial charge on any atom is 0.222 e. The second-order valence-electron chi connectivity index (χ2n) is 5.78. The number of hydrogen-bond acceptors (Lipinski definition) is 3. The van der Waals surface area contributed by atoms with Crippen molar-refractivity contribution in [3.05, 3.63) is 35.9 Å². The molecule has 1 aromatic rings. The van der Waals surface area contributed by atoms with Crippen LogP contribution < -0.4 is 10.6 Å².